The van der Waals surface area contributed by atoms with Gasteiger partial charge in [-0.15, -0.1) is 5.54 Å². The Hall–Kier alpha value is -3.49. The van der Waals surface area contributed by atoms with Crippen molar-refractivity contribution in [3.05, 3.63) is 78.1 Å². The minimum absolute atomic E-state index is 0.641. The largest absolute Gasteiger partial charge is 0.298 e. The molecule has 2 aromatic carbocycles. The third-order valence-electron chi connectivity index (χ3n) is 4.47. The fraction of sp³-hybridized carbons (Fsp3) is 0.125. The molecule has 0 saturated heterocycles. The lowest BCUT2D eigenvalue weighted by Gasteiger charge is -2.11. The molecule has 5 heteroatoms. The van der Waals surface area contributed by atoms with E-state index in [2.05, 4.69) is 48.3 Å². The number of nitrogens with zero attached hydrogens (tertiary/aromatic N) is 3. The molecule has 0 aliphatic rings. The van der Waals surface area contributed by atoms with E-state index >= 15 is 0 Å². The molecule has 0 fully saturated rings. The predicted octanol–water partition coefficient (Wildman–Crippen LogP) is 5.10. The van der Waals surface area contributed by atoms with Gasteiger partial charge in [-0.25, -0.2) is 9.50 Å². The molecule has 29 heavy (non-hydrogen) atoms. The van der Waals surface area contributed by atoms with Crippen molar-refractivity contribution in [2.45, 2.75) is 19.6 Å². The highest BCUT2D eigenvalue weighted by molar-refractivity contribution is 6.83. The monoisotopic (exact) mass is 395 g/mol. The number of benzene rings is 2. The van der Waals surface area contributed by atoms with Crippen molar-refractivity contribution >= 4 is 20.0 Å². The van der Waals surface area contributed by atoms with Crippen molar-refractivity contribution in [2.75, 3.05) is 0 Å². The van der Waals surface area contributed by atoms with E-state index in [1.807, 2.05) is 48.7 Å². The second-order valence-electron chi connectivity index (χ2n) is 7.94. The molecule has 0 spiro atoms. The van der Waals surface area contributed by atoms with E-state index in [0.29, 0.717) is 5.56 Å². The Bertz CT molecular complexity index is 1240. The highest BCUT2D eigenvalue weighted by Crippen LogP contribution is 2.31. The average molecular weight is 396 g/mol. The summed E-state index contributed by atoms with van der Waals surface area (Å²) in [7, 11) is -1.51. The van der Waals surface area contributed by atoms with E-state index < -0.39 is 8.07 Å². The third-order valence-corrected chi connectivity index (χ3v) is 5.35. The lowest BCUT2D eigenvalue weighted by atomic mass is 10.00. The van der Waals surface area contributed by atoms with Crippen LogP contribution in [-0.4, -0.2) is 29.0 Å². The summed E-state index contributed by atoms with van der Waals surface area (Å²) in [6, 6.07) is 17.6. The van der Waals surface area contributed by atoms with E-state index in [4.69, 9.17) is 4.98 Å². The summed E-state index contributed by atoms with van der Waals surface area (Å²) in [6.45, 7) is 6.64. The molecule has 4 nitrogen and oxygen atoms in total. The maximum absolute atomic E-state index is 11.0. The Morgan fingerprint density at radius 2 is 1.69 bits per heavy atom. The molecule has 0 N–H and O–H groups in total. The summed E-state index contributed by atoms with van der Waals surface area (Å²) in [5, 5.41) is 4.49. The molecule has 4 aromatic rings. The molecule has 0 unspecified atom stereocenters. The van der Waals surface area contributed by atoms with Gasteiger partial charge in [0.05, 0.1) is 17.5 Å². The lowest BCUT2D eigenvalue weighted by molar-refractivity contribution is 0.112. The normalized spacial score (nSPS) is 11.1. The summed E-state index contributed by atoms with van der Waals surface area (Å²) >= 11 is 0. The average Bonchev–Trinajstić information content (AvgIpc) is 3.13. The van der Waals surface area contributed by atoms with E-state index in [0.717, 1.165) is 39.9 Å². The molecule has 0 aliphatic carbocycles. The minimum atomic E-state index is -1.51. The number of carbonyl (C=O) groups excluding carboxylic acids is 1. The second kappa shape index (κ2) is 7.49. The molecule has 0 radical (unpaired) electrons. The zero-order valence-corrected chi connectivity index (χ0v) is 17.7. The van der Waals surface area contributed by atoms with Crippen LogP contribution >= 0.6 is 0 Å². The van der Waals surface area contributed by atoms with Crippen molar-refractivity contribution in [1.82, 2.24) is 14.6 Å². The SMILES string of the molecule is C[Si](C)(C)C#Cc1cnn2cc(-c3ccccc3)c(-c3ccc(C=O)cc3)nc12. The first kappa shape index (κ1) is 18.9. The Morgan fingerprint density at radius 3 is 2.34 bits per heavy atom. The van der Waals surface area contributed by atoms with Gasteiger partial charge >= 0.3 is 0 Å². The minimum Gasteiger partial charge on any atom is -0.298 e. The Labute approximate surface area is 171 Å². The number of aromatic nitrogens is 3. The molecule has 2 heterocycles. The van der Waals surface area contributed by atoms with Gasteiger partial charge in [0.2, 0.25) is 0 Å². The summed E-state index contributed by atoms with van der Waals surface area (Å²) in [4.78, 5) is 16.0. The van der Waals surface area contributed by atoms with Gasteiger partial charge in [0, 0.05) is 22.9 Å². The number of hydrogen-bond acceptors (Lipinski definition) is 3. The maximum Gasteiger partial charge on any atom is 0.171 e. The van der Waals surface area contributed by atoms with Crippen molar-refractivity contribution in [1.29, 1.82) is 0 Å². The standard InChI is InChI=1S/C24H21N3OSi/c1-29(2,3)14-13-21-15-25-27-16-22(19-7-5-4-6-8-19)23(26-24(21)27)20-11-9-18(17-28)10-12-20/h4-12,15-17H,1-3H3. The fourth-order valence-corrected chi connectivity index (χ4v) is 3.53. The molecule has 0 atom stereocenters. The van der Waals surface area contributed by atoms with Crippen LogP contribution in [-0.2, 0) is 0 Å². The molecule has 0 amide bonds. The molecule has 142 valence electrons. The molecule has 0 saturated carbocycles. The first-order valence-electron chi connectivity index (χ1n) is 9.47. The van der Waals surface area contributed by atoms with Crippen molar-refractivity contribution in [3.8, 4) is 33.8 Å². The van der Waals surface area contributed by atoms with Crippen molar-refractivity contribution in [2.24, 2.45) is 0 Å². The highest BCUT2D eigenvalue weighted by Gasteiger charge is 2.15. The number of fused-ring (bicyclic) bond motifs is 1. The van der Waals surface area contributed by atoms with Crippen LogP contribution in [0.15, 0.2) is 67.0 Å². The quantitative estimate of drug-likeness (QED) is 0.275. The number of carbonyl (C=O) groups is 1. The molecular weight excluding hydrogens is 374 g/mol. The second-order valence-corrected chi connectivity index (χ2v) is 12.7. The Morgan fingerprint density at radius 1 is 0.966 bits per heavy atom. The molecular formula is C24H21N3OSi. The molecule has 2 aromatic heterocycles. The van der Waals surface area contributed by atoms with E-state index in [-0.39, 0.29) is 0 Å². The van der Waals surface area contributed by atoms with Gasteiger partial charge in [-0.1, -0.05) is 80.2 Å². The van der Waals surface area contributed by atoms with Crippen LogP contribution in [0, 0.1) is 11.5 Å². The smallest absolute Gasteiger partial charge is 0.171 e. The van der Waals surface area contributed by atoms with Gasteiger partial charge in [-0.2, -0.15) is 5.10 Å². The number of rotatable bonds is 3. The number of hydrogen-bond donors (Lipinski definition) is 0. The maximum atomic E-state index is 11.0. The van der Waals surface area contributed by atoms with E-state index in [1.165, 1.54) is 0 Å². The summed E-state index contributed by atoms with van der Waals surface area (Å²) in [5.41, 5.74) is 9.43. The van der Waals surface area contributed by atoms with Crippen molar-refractivity contribution < 1.29 is 4.79 Å². The van der Waals surface area contributed by atoms with Crippen LogP contribution in [0.2, 0.25) is 19.6 Å². The van der Waals surface area contributed by atoms with Crippen LogP contribution in [0.1, 0.15) is 15.9 Å². The van der Waals surface area contributed by atoms with Gasteiger partial charge < -0.3 is 0 Å². The van der Waals surface area contributed by atoms with E-state index in [1.54, 1.807) is 10.7 Å². The van der Waals surface area contributed by atoms with Gasteiger partial charge in [0.1, 0.15) is 14.4 Å². The van der Waals surface area contributed by atoms with Gasteiger partial charge in [0.25, 0.3) is 0 Å². The third kappa shape index (κ3) is 4.03. The molecule has 4 rings (SSSR count). The van der Waals surface area contributed by atoms with E-state index in [9.17, 15) is 4.79 Å². The Kier molecular flexibility index (Phi) is 4.87. The van der Waals surface area contributed by atoms with Gasteiger partial charge in [-0.05, 0) is 5.56 Å². The van der Waals surface area contributed by atoms with Crippen molar-refractivity contribution in [3.63, 3.8) is 0 Å². The van der Waals surface area contributed by atoms with Gasteiger partial charge in [0.15, 0.2) is 5.65 Å². The van der Waals surface area contributed by atoms with Gasteiger partial charge in [-0.3, -0.25) is 4.79 Å². The first-order valence-corrected chi connectivity index (χ1v) is 13.0. The molecule has 0 bridgehead atoms. The van der Waals surface area contributed by atoms with Crippen LogP contribution in [0.25, 0.3) is 28.0 Å². The van der Waals surface area contributed by atoms with Crippen LogP contribution in [0.4, 0.5) is 0 Å². The van der Waals surface area contributed by atoms with Crippen LogP contribution < -0.4 is 0 Å². The predicted molar refractivity (Wildman–Crippen MR) is 119 cm³/mol. The topological polar surface area (TPSA) is 47.3 Å². The highest BCUT2D eigenvalue weighted by atomic mass is 28.3. The zero-order valence-electron chi connectivity index (χ0n) is 16.7. The zero-order chi connectivity index (χ0) is 20.4. The summed E-state index contributed by atoms with van der Waals surface area (Å²) < 4.78 is 1.79. The fourth-order valence-electron chi connectivity index (χ4n) is 3.02. The molecule has 0 aliphatic heterocycles. The number of aldehydes is 1. The first-order chi connectivity index (χ1) is 13.9. The Balaban J connectivity index is 1.95. The van der Waals surface area contributed by atoms with Crippen LogP contribution in [0.3, 0.4) is 0 Å². The summed E-state index contributed by atoms with van der Waals surface area (Å²) in [6.07, 6.45) is 4.63. The van der Waals surface area contributed by atoms with Crippen LogP contribution in [0.5, 0.6) is 0 Å². The lowest BCUT2D eigenvalue weighted by Crippen LogP contribution is -2.16. The summed E-state index contributed by atoms with van der Waals surface area (Å²) in [5.74, 6) is 3.28.